The minimum Gasteiger partial charge on any atom is -0.498 e. The molecule has 0 aromatic heterocycles. The van der Waals surface area contributed by atoms with Gasteiger partial charge in [0.2, 0.25) is 0 Å². The fourth-order valence-corrected chi connectivity index (χ4v) is 1.28. The molecule has 0 radical (unpaired) electrons. The first kappa shape index (κ1) is 10.3. The first-order valence-electron chi connectivity index (χ1n) is 4.29. The highest BCUT2D eigenvalue weighted by Gasteiger charge is 2.18. The minimum atomic E-state index is 0.00921. The molecule has 74 valence electrons. The van der Waals surface area contributed by atoms with E-state index in [1.165, 1.54) is 5.57 Å². The molecule has 0 aromatic carbocycles. The second kappa shape index (κ2) is 5.04. The third-order valence-corrected chi connectivity index (χ3v) is 1.98. The summed E-state index contributed by atoms with van der Waals surface area (Å²) >= 11 is 0. The Morgan fingerprint density at radius 3 is 2.77 bits per heavy atom. The van der Waals surface area contributed by atoms with E-state index in [4.69, 9.17) is 14.2 Å². The Bertz CT molecular complexity index is 218. The van der Waals surface area contributed by atoms with Crippen molar-refractivity contribution in [2.45, 2.75) is 19.4 Å². The Hall–Kier alpha value is -0.800. The zero-order chi connectivity index (χ0) is 9.68. The maximum atomic E-state index is 5.45. The van der Waals surface area contributed by atoms with Crippen LogP contribution in [-0.2, 0) is 14.2 Å². The maximum Gasteiger partial charge on any atom is 0.147 e. The average Bonchev–Trinajstić information content (AvgIpc) is 2.15. The van der Waals surface area contributed by atoms with Gasteiger partial charge in [0.05, 0.1) is 7.11 Å². The molecular weight excluding hydrogens is 168 g/mol. The van der Waals surface area contributed by atoms with Gasteiger partial charge in [-0.25, -0.2) is 0 Å². The fraction of sp³-hybridized carbons (Fsp3) is 0.600. The number of methoxy groups -OCH3 is 2. The van der Waals surface area contributed by atoms with Crippen molar-refractivity contribution in [3.8, 4) is 0 Å². The second-order valence-electron chi connectivity index (χ2n) is 3.05. The van der Waals surface area contributed by atoms with Gasteiger partial charge in [0.15, 0.2) is 0 Å². The zero-order valence-electron chi connectivity index (χ0n) is 8.37. The molecule has 0 bridgehead atoms. The summed E-state index contributed by atoms with van der Waals surface area (Å²) in [6, 6.07) is 0. The molecule has 1 atom stereocenters. The van der Waals surface area contributed by atoms with Gasteiger partial charge in [-0.15, -0.1) is 0 Å². The van der Waals surface area contributed by atoms with Crippen LogP contribution in [0.4, 0.5) is 0 Å². The Kier molecular flexibility index (Phi) is 3.99. The van der Waals surface area contributed by atoms with Crippen molar-refractivity contribution < 1.29 is 14.2 Å². The lowest BCUT2D eigenvalue weighted by Gasteiger charge is -2.22. The highest BCUT2D eigenvalue weighted by molar-refractivity contribution is 5.23. The van der Waals surface area contributed by atoms with Crippen LogP contribution in [0, 0.1) is 0 Å². The van der Waals surface area contributed by atoms with Crippen molar-refractivity contribution in [1.29, 1.82) is 0 Å². The smallest absolute Gasteiger partial charge is 0.147 e. The highest BCUT2D eigenvalue weighted by Crippen LogP contribution is 2.21. The SMILES string of the molecule is COCOC1CC(C)=CC=C1OC. The van der Waals surface area contributed by atoms with Gasteiger partial charge in [0.25, 0.3) is 0 Å². The predicted octanol–water partition coefficient (Wildman–Crippen LogP) is 1.86. The largest absolute Gasteiger partial charge is 0.498 e. The van der Waals surface area contributed by atoms with E-state index >= 15 is 0 Å². The van der Waals surface area contributed by atoms with Gasteiger partial charge in [0.1, 0.15) is 18.7 Å². The van der Waals surface area contributed by atoms with E-state index < -0.39 is 0 Å². The monoisotopic (exact) mass is 184 g/mol. The number of ether oxygens (including phenoxy) is 3. The number of allylic oxidation sites excluding steroid dienone is 2. The van der Waals surface area contributed by atoms with Crippen LogP contribution >= 0.6 is 0 Å². The van der Waals surface area contributed by atoms with Crippen LogP contribution < -0.4 is 0 Å². The molecule has 1 unspecified atom stereocenters. The summed E-state index contributed by atoms with van der Waals surface area (Å²) < 4.78 is 15.5. The summed E-state index contributed by atoms with van der Waals surface area (Å²) in [4.78, 5) is 0. The molecule has 13 heavy (non-hydrogen) atoms. The first-order valence-corrected chi connectivity index (χ1v) is 4.29. The molecule has 1 rings (SSSR count). The molecule has 0 aromatic rings. The molecule has 0 spiro atoms. The van der Waals surface area contributed by atoms with Crippen LogP contribution in [0.3, 0.4) is 0 Å². The van der Waals surface area contributed by atoms with Crippen molar-refractivity contribution in [2.75, 3.05) is 21.0 Å². The quantitative estimate of drug-likeness (QED) is 0.624. The molecule has 3 nitrogen and oxygen atoms in total. The van der Waals surface area contributed by atoms with Crippen molar-refractivity contribution in [3.63, 3.8) is 0 Å². The van der Waals surface area contributed by atoms with Crippen LogP contribution in [0.2, 0.25) is 0 Å². The summed E-state index contributed by atoms with van der Waals surface area (Å²) in [7, 11) is 3.27. The Labute approximate surface area is 79.0 Å². The van der Waals surface area contributed by atoms with E-state index in [2.05, 4.69) is 6.92 Å². The third-order valence-electron chi connectivity index (χ3n) is 1.98. The van der Waals surface area contributed by atoms with Crippen LogP contribution in [0.1, 0.15) is 13.3 Å². The van der Waals surface area contributed by atoms with E-state index in [9.17, 15) is 0 Å². The maximum absolute atomic E-state index is 5.45. The highest BCUT2D eigenvalue weighted by atomic mass is 16.7. The van der Waals surface area contributed by atoms with Gasteiger partial charge in [0, 0.05) is 13.5 Å². The molecule has 0 fully saturated rings. The molecular formula is C10H16O3. The fourth-order valence-electron chi connectivity index (χ4n) is 1.28. The minimum absolute atomic E-state index is 0.00921. The lowest BCUT2D eigenvalue weighted by atomic mass is 10.0. The molecule has 1 aliphatic rings. The lowest BCUT2D eigenvalue weighted by Crippen LogP contribution is -2.20. The lowest BCUT2D eigenvalue weighted by molar-refractivity contribution is -0.0726. The topological polar surface area (TPSA) is 27.7 Å². The van der Waals surface area contributed by atoms with Gasteiger partial charge < -0.3 is 14.2 Å². The zero-order valence-corrected chi connectivity index (χ0v) is 8.37. The van der Waals surface area contributed by atoms with Crippen molar-refractivity contribution >= 4 is 0 Å². The first-order chi connectivity index (χ1) is 6.27. The van der Waals surface area contributed by atoms with E-state index in [0.29, 0.717) is 6.79 Å². The van der Waals surface area contributed by atoms with Crippen molar-refractivity contribution in [3.05, 3.63) is 23.5 Å². The molecule has 0 amide bonds. The summed E-state index contributed by atoms with van der Waals surface area (Å²) in [5.74, 6) is 0.864. The van der Waals surface area contributed by atoms with Crippen LogP contribution in [0.25, 0.3) is 0 Å². The van der Waals surface area contributed by atoms with Gasteiger partial charge in [-0.1, -0.05) is 11.6 Å². The van der Waals surface area contributed by atoms with Crippen molar-refractivity contribution in [2.24, 2.45) is 0 Å². The number of hydrogen-bond acceptors (Lipinski definition) is 3. The number of hydrogen-bond donors (Lipinski definition) is 0. The Balaban J connectivity index is 2.54. The molecule has 0 saturated heterocycles. The summed E-state index contributed by atoms with van der Waals surface area (Å²) in [5, 5.41) is 0. The van der Waals surface area contributed by atoms with Crippen LogP contribution in [-0.4, -0.2) is 27.1 Å². The third kappa shape index (κ3) is 2.86. The molecule has 3 heteroatoms. The standard InChI is InChI=1S/C10H16O3/c1-8-4-5-9(12-3)10(6-8)13-7-11-2/h4-5,10H,6-7H2,1-3H3. The van der Waals surface area contributed by atoms with E-state index in [0.717, 1.165) is 12.2 Å². The Morgan fingerprint density at radius 2 is 2.15 bits per heavy atom. The summed E-state index contributed by atoms with van der Waals surface area (Å²) in [5.41, 5.74) is 1.29. The molecule has 0 N–H and O–H groups in total. The van der Waals surface area contributed by atoms with E-state index in [1.54, 1.807) is 14.2 Å². The van der Waals surface area contributed by atoms with E-state index in [-0.39, 0.29) is 6.10 Å². The van der Waals surface area contributed by atoms with Crippen LogP contribution in [0.15, 0.2) is 23.5 Å². The van der Waals surface area contributed by atoms with E-state index in [1.807, 2.05) is 12.2 Å². The van der Waals surface area contributed by atoms with Crippen LogP contribution in [0.5, 0.6) is 0 Å². The summed E-state index contributed by atoms with van der Waals surface area (Å²) in [6.45, 7) is 2.38. The average molecular weight is 184 g/mol. The van der Waals surface area contributed by atoms with Gasteiger partial charge in [-0.2, -0.15) is 0 Å². The number of rotatable bonds is 4. The molecule has 0 aliphatic heterocycles. The summed E-state index contributed by atoms with van der Waals surface area (Å²) in [6.07, 6.45) is 4.88. The Morgan fingerprint density at radius 1 is 1.38 bits per heavy atom. The molecule has 0 heterocycles. The van der Waals surface area contributed by atoms with Gasteiger partial charge >= 0.3 is 0 Å². The molecule has 0 saturated carbocycles. The van der Waals surface area contributed by atoms with Gasteiger partial charge in [-0.05, 0) is 13.0 Å². The normalized spacial score (nSPS) is 22.2. The second-order valence-corrected chi connectivity index (χ2v) is 3.05. The predicted molar refractivity (Wildman–Crippen MR) is 50.2 cm³/mol. The molecule has 1 aliphatic carbocycles. The van der Waals surface area contributed by atoms with Crippen molar-refractivity contribution in [1.82, 2.24) is 0 Å². The van der Waals surface area contributed by atoms with Gasteiger partial charge in [-0.3, -0.25) is 0 Å².